The van der Waals surface area contributed by atoms with Crippen molar-refractivity contribution in [3.8, 4) is 0 Å². The lowest BCUT2D eigenvalue weighted by molar-refractivity contribution is 0.0914. The van der Waals surface area contributed by atoms with Crippen LogP contribution in [0.25, 0.3) is 0 Å². The fourth-order valence-electron chi connectivity index (χ4n) is 3.47. The predicted molar refractivity (Wildman–Crippen MR) is 87.6 cm³/mol. The molecule has 2 aromatic heterocycles. The first kappa shape index (κ1) is 16.7. The van der Waals surface area contributed by atoms with Gasteiger partial charge in [0.25, 0.3) is 5.91 Å². The molecule has 24 heavy (non-hydrogen) atoms. The molecule has 7 nitrogen and oxygen atoms in total. The first-order valence-corrected chi connectivity index (χ1v) is 8.35. The summed E-state index contributed by atoms with van der Waals surface area (Å²) in [7, 11) is 1.91. The van der Waals surface area contributed by atoms with Gasteiger partial charge in [-0.1, -0.05) is 13.8 Å². The summed E-state index contributed by atoms with van der Waals surface area (Å²) >= 11 is 0. The molecule has 0 radical (unpaired) electrons. The van der Waals surface area contributed by atoms with Crippen molar-refractivity contribution in [1.82, 2.24) is 20.1 Å². The zero-order chi connectivity index (χ0) is 17.3. The van der Waals surface area contributed by atoms with Crippen LogP contribution in [0.3, 0.4) is 0 Å². The van der Waals surface area contributed by atoms with Crippen LogP contribution in [0.1, 0.15) is 60.5 Å². The van der Waals surface area contributed by atoms with E-state index in [4.69, 9.17) is 4.42 Å². The van der Waals surface area contributed by atoms with E-state index in [0.29, 0.717) is 24.3 Å². The standard InChI is InChI=1S/C17H24N4O3/c1-10(2)15-13(4-5-24-15)17(23)18-8-12-6-11(7-14(12)22)16-20-19-9-21(16)3/h4-5,9-12,14,22H,6-8H2,1-3H3,(H,18,23)/t11-,12+,14+/m0/s1. The molecule has 0 saturated heterocycles. The van der Waals surface area contributed by atoms with Crippen LogP contribution < -0.4 is 5.32 Å². The van der Waals surface area contributed by atoms with E-state index in [-0.39, 0.29) is 23.7 Å². The molecule has 3 atom stereocenters. The normalized spacial score (nSPS) is 23.8. The third kappa shape index (κ3) is 3.21. The molecule has 0 aliphatic heterocycles. The predicted octanol–water partition coefficient (Wildman–Crippen LogP) is 1.82. The largest absolute Gasteiger partial charge is 0.468 e. The molecule has 1 aliphatic rings. The van der Waals surface area contributed by atoms with E-state index in [1.807, 2.05) is 25.5 Å². The van der Waals surface area contributed by atoms with Gasteiger partial charge in [0.15, 0.2) is 0 Å². The number of carbonyl (C=O) groups excluding carboxylic acids is 1. The highest BCUT2D eigenvalue weighted by Gasteiger charge is 2.36. The van der Waals surface area contributed by atoms with Gasteiger partial charge in [0.1, 0.15) is 17.9 Å². The number of nitrogens with one attached hydrogen (secondary N) is 1. The SMILES string of the molecule is CC(C)c1occc1C(=O)NC[C@H]1C[C@H](c2nncn2C)C[C@H]1O. The van der Waals surface area contributed by atoms with Gasteiger partial charge in [-0.25, -0.2) is 0 Å². The quantitative estimate of drug-likeness (QED) is 0.871. The number of hydrogen-bond donors (Lipinski definition) is 2. The van der Waals surface area contributed by atoms with Crippen LogP contribution in [0.2, 0.25) is 0 Å². The van der Waals surface area contributed by atoms with Gasteiger partial charge in [0, 0.05) is 31.3 Å². The molecule has 1 aliphatic carbocycles. The van der Waals surface area contributed by atoms with Crippen LogP contribution >= 0.6 is 0 Å². The number of rotatable bonds is 5. The molecule has 0 bridgehead atoms. The summed E-state index contributed by atoms with van der Waals surface area (Å²) in [4.78, 5) is 12.4. The second-order valence-corrected chi connectivity index (χ2v) is 6.86. The van der Waals surface area contributed by atoms with Gasteiger partial charge in [0.2, 0.25) is 0 Å². The Bertz CT molecular complexity index is 706. The summed E-state index contributed by atoms with van der Waals surface area (Å²) < 4.78 is 7.28. The lowest BCUT2D eigenvalue weighted by atomic mass is 10.0. The van der Waals surface area contributed by atoms with Gasteiger partial charge in [0.05, 0.1) is 17.9 Å². The van der Waals surface area contributed by atoms with Crippen LogP contribution in [-0.2, 0) is 7.05 Å². The topological polar surface area (TPSA) is 93.2 Å². The van der Waals surface area contributed by atoms with Crippen molar-refractivity contribution in [2.45, 2.75) is 44.6 Å². The molecule has 0 spiro atoms. The number of furan rings is 1. The average molecular weight is 332 g/mol. The Morgan fingerprint density at radius 3 is 2.96 bits per heavy atom. The minimum atomic E-state index is -0.444. The highest BCUT2D eigenvalue weighted by Crippen LogP contribution is 2.37. The van der Waals surface area contributed by atoms with Gasteiger partial charge in [-0.05, 0) is 18.9 Å². The highest BCUT2D eigenvalue weighted by molar-refractivity contribution is 5.95. The minimum absolute atomic E-state index is 0.0186. The summed E-state index contributed by atoms with van der Waals surface area (Å²) in [5.74, 6) is 1.77. The number of hydrogen-bond acceptors (Lipinski definition) is 5. The second kappa shape index (κ2) is 6.76. The summed E-state index contributed by atoms with van der Waals surface area (Å²) in [6.45, 7) is 4.42. The molecule has 0 aromatic carbocycles. The Labute approximate surface area is 141 Å². The van der Waals surface area contributed by atoms with Gasteiger partial charge in [-0.15, -0.1) is 10.2 Å². The molecule has 0 unspecified atom stereocenters. The molecule has 3 rings (SSSR count). The van der Waals surface area contributed by atoms with Crippen LogP contribution in [0.15, 0.2) is 23.1 Å². The van der Waals surface area contributed by atoms with Gasteiger partial charge in [-0.2, -0.15) is 0 Å². The smallest absolute Gasteiger partial charge is 0.254 e. The molecule has 1 amide bonds. The Morgan fingerprint density at radius 2 is 2.29 bits per heavy atom. The number of aliphatic hydroxyl groups excluding tert-OH is 1. The fraction of sp³-hybridized carbons (Fsp3) is 0.588. The fourth-order valence-corrected chi connectivity index (χ4v) is 3.47. The number of aromatic nitrogens is 3. The number of amides is 1. The van der Waals surface area contributed by atoms with Crippen LogP contribution in [-0.4, -0.2) is 38.4 Å². The molecule has 1 fully saturated rings. The number of aryl methyl sites for hydroxylation is 1. The molecule has 1 saturated carbocycles. The van der Waals surface area contributed by atoms with Gasteiger partial charge < -0.3 is 19.4 Å². The van der Waals surface area contributed by atoms with Gasteiger partial charge >= 0.3 is 0 Å². The first-order valence-electron chi connectivity index (χ1n) is 8.35. The lowest BCUT2D eigenvalue weighted by Gasteiger charge is -2.15. The van der Waals surface area contributed by atoms with Crippen LogP contribution in [0.4, 0.5) is 0 Å². The van der Waals surface area contributed by atoms with Crippen molar-refractivity contribution in [3.63, 3.8) is 0 Å². The molecule has 2 aromatic rings. The van der Waals surface area contributed by atoms with E-state index >= 15 is 0 Å². The molecule has 2 heterocycles. The number of nitrogens with zero attached hydrogens (tertiary/aromatic N) is 3. The van der Waals surface area contributed by atoms with Crippen molar-refractivity contribution in [1.29, 1.82) is 0 Å². The zero-order valence-corrected chi connectivity index (χ0v) is 14.3. The Balaban J connectivity index is 1.60. The number of aliphatic hydroxyl groups is 1. The summed E-state index contributed by atoms with van der Waals surface area (Å²) in [6, 6.07) is 1.69. The van der Waals surface area contributed by atoms with Crippen LogP contribution in [0.5, 0.6) is 0 Å². The van der Waals surface area contributed by atoms with E-state index in [2.05, 4.69) is 15.5 Å². The molecular formula is C17H24N4O3. The van der Waals surface area contributed by atoms with E-state index in [0.717, 1.165) is 12.2 Å². The first-order chi connectivity index (χ1) is 11.5. The van der Waals surface area contributed by atoms with Crippen molar-refractivity contribution < 1.29 is 14.3 Å². The zero-order valence-electron chi connectivity index (χ0n) is 14.3. The summed E-state index contributed by atoms with van der Waals surface area (Å²) in [5.41, 5.74) is 0.572. The Kier molecular flexibility index (Phi) is 4.71. The third-order valence-corrected chi connectivity index (χ3v) is 4.76. The van der Waals surface area contributed by atoms with E-state index in [9.17, 15) is 9.90 Å². The maximum atomic E-state index is 12.4. The highest BCUT2D eigenvalue weighted by atomic mass is 16.3. The summed E-state index contributed by atoms with van der Waals surface area (Å²) in [6.07, 6.45) is 4.20. The molecular weight excluding hydrogens is 308 g/mol. The average Bonchev–Trinajstić information content (AvgIpc) is 3.24. The minimum Gasteiger partial charge on any atom is -0.468 e. The van der Waals surface area contributed by atoms with Crippen molar-refractivity contribution >= 4 is 5.91 Å². The Hall–Kier alpha value is -2.15. The number of carbonyl (C=O) groups is 1. The Morgan fingerprint density at radius 1 is 1.50 bits per heavy atom. The maximum absolute atomic E-state index is 12.4. The van der Waals surface area contributed by atoms with Crippen LogP contribution in [0, 0.1) is 5.92 Å². The van der Waals surface area contributed by atoms with E-state index in [1.165, 1.54) is 0 Å². The van der Waals surface area contributed by atoms with Crippen molar-refractivity contribution in [3.05, 3.63) is 35.8 Å². The third-order valence-electron chi connectivity index (χ3n) is 4.76. The molecule has 130 valence electrons. The van der Waals surface area contributed by atoms with Crippen molar-refractivity contribution in [2.75, 3.05) is 6.54 Å². The van der Waals surface area contributed by atoms with E-state index in [1.54, 1.807) is 18.7 Å². The summed E-state index contributed by atoms with van der Waals surface area (Å²) in [5, 5.41) is 21.3. The monoisotopic (exact) mass is 332 g/mol. The van der Waals surface area contributed by atoms with E-state index < -0.39 is 6.10 Å². The van der Waals surface area contributed by atoms with Crippen molar-refractivity contribution in [2.24, 2.45) is 13.0 Å². The lowest BCUT2D eigenvalue weighted by Crippen LogP contribution is -2.32. The second-order valence-electron chi connectivity index (χ2n) is 6.86. The molecule has 2 N–H and O–H groups in total. The molecule has 7 heteroatoms. The maximum Gasteiger partial charge on any atom is 0.254 e. The van der Waals surface area contributed by atoms with Gasteiger partial charge in [-0.3, -0.25) is 4.79 Å².